The predicted octanol–water partition coefficient (Wildman–Crippen LogP) is 3.02. The molecule has 0 bridgehead atoms. The Kier molecular flexibility index (Phi) is 6.18. The Balaban J connectivity index is 1.70. The normalized spacial score (nSPS) is 15.3. The van der Waals surface area contributed by atoms with E-state index in [0.717, 1.165) is 17.8 Å². The minimum atomic E-state index is -3.56. The monoisotopic (exact) mass is 432 g/mol. The third kappa shape index (κ3) is 4.55. The number of hydrogen-bond acceptors (Lipinski definition) is 7. The van der Waals surface area contributed by atoms with Gasteiger partial charge in [-0.1, -0.05) is 34.7 Å². The second-order valence-electron chi connectivity index (χ2n) is 5.68. The van der Waals surface area contributed by atoms with Gasteiger partial charge < -0.3 is 5.32 Å². The molecule has 0 unspecified atom stereocenters. The molecular formula is C15H17ClN4O3S3. The standard InChI is InChI=1S/C15H17ClN4O3S3/c1-10-18-19-15(25-10)24-9-14(21)17-13-8-11(4-5-12(13)16)26(22,23)20-6-2-3-7-20/h4-5,8H,2-3,6-7,9H2,1H3,(H,17,21). The van der Waals surface area contributed by atoms with E-state index in [1.165, 1.54) is 45.6 Å². The second-order valence-corrected chi connectivity index (χ2v) is 10.4. The van der Waals surface area contributed by atoms with Crippen LogP contribution in [-0.2, 0) is 14.8 Å². The summed E-state index contributed by atoms with van der Waals surface area (Å²) in [5.74, 6) is -0.158. The van der Waals surface area contributed by atoms with Crippen molar-refractivity contribution in [2.45, 2.75) is 29.0 Å². The Morgan fingerprint density at radius 3 is 2.73 bits per heavy atom. The summed E-state index contributed by atoms with van der Waals surface area (Å²) in [6.07, 6.45) is 1.72. The van der Waals surface area contributed by atoms with E-state index < -0.39 is 10.0 Å². The van der Waals surface area contributed by atoms with Crippen LogP contribution in [-0.4, -0.2) is 47.7 Å². The molecule has 140 valence electrons. The van der Waals surface area contributed by atoms with Gasteiger partial charge >= 0.3 is 0 Å². The van der Waals surface area contributed by atoms with Crippen molar-refractivity contribution in [3.05, 3.63) is 28.2 Å². The predicted molar refractivity (Wildman–Crippen MR) is 103 cm³/mol. The number of nitrogens with one attached hydrogen (secondary N) is 1. The topological polar surface area (TPSA) is 92.3 Å². The lowest BCUT2D eigenvalue weighted by molar-refractivity contribution is -0.113. The molecule has 1 saturated heterocycles. The zero-order valence-electron chi connectivity index (χ0n) is 13.9. The van der Waals surface area contributed by atoms with Gasteiger partial charge in [-0.15, -0.1) is 10.2 Å². The average Bonchev–Trinajstić information content (AvgIpc) is 3.27. The quantitative estimate of drug-likeness (QED) is 0.705. The molecule has 1 aromatic heterocycles. The number of amides is 1. The van der Waals surface area contributed by atoms with Crippen LogP contribution in [0.5, 0.6) is 0 Å². The van der Waals surface area contributed by atoms with E-state index in [2.05, 4.69) is 15.5 Å². The molecule has 0 radical (unpaired) electrons. The Morgan fingerprint density at radius 2 is 2.08 bits per heavy atom. The lowest BCUT2D eigenvalue weighted by atomic mass is 10.3. The van der Waals surface area contributed by atoms with E-state index in [1.807, 2.05) is 6.92 Å². The van der Waals surface area contributed by atoms with E-state index >= 15 is 0 Å². The summed E-state index contributed by atoms with van der Waals surface area (Å²) in [5, 5.41) is 11.6. The number of benzene rings is 1. The van der Waals surface area contributed by atoms with E-state index in [9.17, 15) is 13.2 Å². The van der Waals surface area contributed by atoms with Gasteiger partial charge in [0.25, 0.3) is 0 Å². The molecule has 7 nitrogen and oxygen atoms in total. The summed E-state index contributed by atoms with van der Waals surface area (Å²) < 4.78 is 27.5. The molecule has 2 heterocycles. The van der Waals surface area contributed by atoms with E-state index in [0.29, 0.717) is 17.4 Å². The first-order chi connectivity index (χ1) is 12.4. The number of aryl methyl sites for hydroxylation is 1. The van der Waals surface area contributed by atoms with Crippen molar-refractivity contribution in [2.24, 2.45) is 0 Å². The first-order valence-corrected chi connectivity index (χ1v) is 11.5. The van der Waals surface area contributed by atoms with Gasteiger partial charge in [0, 0.05) is 13.1 Å². The van der Waals surface area contributed by atoms with Gasteiger partial charge in [0.1, 0.15) is 5.01 Å². The highest BCUT2D eigenvalue weighted by Gasteiger charge is 2.27. The molecule has 0 atom stereocenters. The molecule has 1 aromatic carbocycles. The SMILES string of the molecule is Cc1nnc(SCC(=O)Nc2cc(S(=O)(=O)N3CCCC3)ccc2Cl)s1. The zero-order valence-corrected chi connectivity index (χ0v) is 17.1. The largest absolute Gasteiger partial charge is 0.324 e. The van der Waals surface area contributed by atoms with Crippen LogP contribution >= 0.6 is 34.7 Å². The maximum absolute atomic E-state index is 12.6. The first kappa shape index (κ1) is 19.6. The van der Waals surface area contributed by atoms with Crippen LogP contribution in [0.25, 0.3) is 0 Å². The van der Waals surface area contributed by atoms with Gasteiger partial charge in [0.15, 0.2) is 4.34 Å². The van der Waals surface area contributed by atoms with E-state index in [1.54, 1.807) is 0 Å². The van der Waals surface area contributed by atoms with Gasteiger partial charge in [-0.2, -0.15) is 4.31 Å². The number of sulfonamides is 1. The van der Waals surface area contributed by atoms with Crippen LogP contribution in [0.4, 0.5) is 5.69 Å². The molecule has 0 aliphatic carbocycles. The number of halogens is 1. The van der Waals surface area contributed by atoms with E-state index in [-0.39, 0.29) is 27.3 Å². The van der Waals surface area contributed by atoms with Crippen molar-refractivity contribution < 1.29 is 13.2 Å². The summed E-state index contributed by atoms with van der Waals surface area (Å²) in [6.45, 7) is 2.88. The Morgan fingerprint density at radius 1 is 1.35 bits per heavy atom. The maximum atomic E-state index is 12.6. The molecule has 2 aromatic rings. The van der Waals surface area contributed by atoms with Gasteiger partial charge in [-0.05, 0) is 38.0 Å². The molecule has 1 aliphatic rings. The second kappa shape index (κ2) is 8.22. The molecule has 1 fully saturated rings. The molecule has 1 aliphatic heterocycles. The fraction of sp³-hybridized carbons (Fsp3) is 0.400. The third-order valence-electron chi connectivity index (χ3n) is 3.75. The van der Waals surface area contributed by atoms with Crippen LogP contribution in [0.15, 0.2) is 27.4 Å². The third-order valence-corrected chi connectivity index (χ3v) is 7.95. The fourth-order valence-electron chi connectivity index (χ4n) is 2.49. The van der Waals surface area contributed by atoms with Crippen molar-refractivity contribution in [2.75, 3.05) is 24.2 Å². The number of carbonyl (C=O) groups is 1. The fourth-order valence-corrected chi connectivity index (χ4v) is 5.81. The Bertz CT molecular complexity index is 911. The van der Waals surface area contributed by atoms with Crippen molar-refractivity contribution >= 4 is 56.3 Å². The van der Waals surface area contributed by atoms with Crippen molar-refractivity contribution in [1.82, 2.24) is 14.5 Å². The summed E-state index contributed by atoms with van der Waals surface area (Å²) in [5.41, 5.74) is 0.283. The first-order valence-electron chi connectivity index (χ1n) is 7.89. The van der Waals surface area contributed by atoms with Crippen LogP contribution < -0.4 is 5.32 Å². The number of thioether (sulfide) groups is 1. The smallest absolute Gasteiger partial charge is 0.243 e. The van der Waals surface area contributed by atoms with Crippen LogP contribution in [0, 0.1) is 6.92 Å². The minimum absolute atomic E-state index is 0.131. The Labute approximate surface area is 165 Å². The van der Waals surface area contributed by atoms with Gasteiger partial charge in [-0.3, -0.25) is 4.79 Å². The van der Waals surface area contributed by atoms with Crippen LogP contribution in [0.2, 0.25) is 5.02 Å². The molecule has 11 heteroatoms. The average molecular weight is 433 g/mol. The molecule has 0 saturated carbocycles. The molecule has 26 heavy (non-hydrogen) atoms. The number of anilines is 1. The van der Waals surface area contributed by atoms with Gasteiger partial charge in [0.2, 0.25) is 15.9 Å². The molecule has 0 spiro atoms. The van der Waals surface area contributed by atoms with Gasteiger partial charge in [-0.25, -0.2) is 8.42 Å². The number of nitrogens with zero attached hydrogens (tertiary/aromatic N) is 3. The number of hydrogen-bond donors (Lipinski definition) is 1. The summed E-state index contributed by atoms with van der Waals surface area (Å²) >= 11 is 8.80. The summed E-state index contributed by atoms with van der Waals surface area (Å²) in [7, 11) is -3.56. The molecular weight excluding hydrogens is 416 g/mol. The maximum Gasteiger partial charge on any atom is 0.243 e. The highest BCUT2D eigenvalue weighted by molar-refractivity contribution is 8.01. The summed E-state index contributed by atoms with van der Waals surface area (Å²) in [6, 6.07) is 4.36. The number of rotatable bonds is 6. The van der Waals surface area contributed by atoms with Crippen molar-refractivity contribution in [3.8, 4) is 0 Å². The zero-order chi connectivity index (χ0) is 18.7. The number of carbonyl (C=O) groups excluding carboxylic acids is 1. The van der Waals surface area contributed by atoms with Crippen LogP contribution in [0.1, 0.15) is 17.8 Å². The lowest BCUT2D eigenvalue weighted by Crippen LogP contribution is -2.28. The van der Waals surface area contributed by atoms with Gasteiger partial charge in [0.05, 0.1) is 21.4 Å². The highest BCUT2D eigenvalue weighted by Crippen LogP contribution is 2.29. The molecule has 1 N–H and O–H groups in total. The summed E-state index contributed by atoms with van der Waals surface area (Å²) in [4.78, 5) is 12.3. The van der Waals surface area contributed by atoms with Crippen molar-refractivity contribution in [3.63, 3.8) is 0 Å². The number of aromatic nitrogens is 2. The van der Waals surface area contributed by atoms with Crippen molar-refractivity contribution in [1.29, 1.82) is 0 Å². The lowest BCUT2D eigenvalue weighted by Gasteiger charge is -2.16. The van der Waals surface area contributed by atoms with Crippen LogP contribution in [0.3, 0.4) is 0 Å². The highest BCUT2D eigenvalue weighted by atomic mass is 35.5. The molecule has 1 amide bonds. The minimum Gasteiger partial charge on any atom is -0.324 e. The molecule has 3 rings (SSSR count). The Hall–Kier alpha value is -1.20. The van der Waals surface area contributed by atoms with E-state index in [4.69, 9.17) is 11.6 Å².